The maximum absolute atomic E-state index is 13.4. The van der Waals surface area contributed by atoms with Gasteiger partial charge in [-0.15, -0.1) is 0 Å². The fraction of sp³-hybridized carbons (Fsp3) is 0.292. The summed E-state index contributed by atoms with van der Waals surface area (Å²) >= 11 is 0. The van der Waals surface area contributed by atoms with Crippen molar-refractivity contribution >= 4 is 17.4 Å². The van der Waals surface area contributed by atoms with Crippen LogP contribution in [0.5, 0.6) is 0 Å². The molecule has 0 unspecified atom stereocenters. The number of H-pyrrole nitrogens is 1. The number of nitrogens with two attached hydrogens (primary N) is 1. The summed E-state index contributed by atoms with van der Waals surface area (Å²) in [7, 11) is 0. The van der Waals surface area contributed by atoms with Crippen LogP contribution >= 0.6 is 0 Å². The third-order valence-corrected chi connectivity index (χ3v) is 5.82. The summed E-state index contributed by atoms with van der Waals surface area (Å²) in [5, 5.41) is 0. The summed E-state index contributed by atoms with van der Waals surface area (Å²) < 4.78 is 1.31. The number of anilines is 2. The van der Waals surface area contributed by atoms with Gasteiger partial charge in [0.2, 0.25) is 5.91 Å². The summed E-state index contributed by atoms with van der Waals surface area (Å²) in [5.74, 6) is -0.264. The Labute approximate surface area is 180 Å². The fourth-order valence-electron chi connectivity index (χ4n) is 4.19. The second-order valence-corrected chi connectivity index (χ2v) is 7.96. The first kappa shape index (κ1) is 20.7. The van der Waals surface area contributed by atoms with E-state index in [9.17, 15) is 14.4 Å². The quantitative estimate of drug-likeness (QED) is 0.643. The smallest absolute Gasteiger partial charge is 0.330 e. The average molecular weight is 418 g/mol. The van der Waals surface area contributed by atoms with E-state index in [0.29, 0.717) is 0 Å². The van der Waals surface area contributed by atoms with Crippen LogP contribution in [0.15, 0.2) is 70.3 Å². The van der Waals surface area contributed by atoms with Crippen molar-refractivity contribution in [2.75, 3.05) is 10.6 Å². The van der Waals surface area contributed by atoms with E-state index in [1.54, 1.807) is 0 Å². The topological polar surface area (TPSA) is 101 Å². The predicted molar refractivity (Wildman–Crippen MR) is 121 cm³/mol. The average Bonchev–Trinajstić information content (AvgIpc) is 3.32. The van der Waals surface area contributed by atoms with Crippen LogP contribution in [-0.4, -0.2) is 15.5 Å². The van der Waals surface area contributed by atoms with E-state index >= 15 is 0 Å². The van der Waals surface area contributed by atoms with Crippen molar-refractivity contribution in [1.82, 2.24) is 9.55 Å². The lowest BCUT2D eigenvalue weighted by atomic mass is 10.1. The number of amides is 1. The molecule has 7 nitrogen and oxygen atoms in total. The van der Waals surface area contributed by atoms with E-state index < -0.39 is 11.2 Å². The standard InChI is InChI=1S/C24H26N4O3/c25-21-20(22(29)26-24(31)28(21)16-18-11-5-2-6-12-18)27(15-17-9-3-1-4-10-17)23(30)19-13-7-8-14-19/h1-6,9-12,19H,7-8,13-16,25H2,(H,26,29,31). The van der Waals surface area contributed by atoms with Gasteiger partial charge in [0.15, 0.2) is 5.69 Å². The van der Waals surface area contributed by atoms with E-state index in [1.807, 2.05) is 60.7 Å². The highest BCUT2D eigenvalue weighted by Crippen LogP contribution is 2.30. The number of aromatic amines is 1. The van der Waals surface area contributed by atoms with E-state index in [2.05, 4.69) is 4.98 Å². The number of benzene rings is 2. The van der Waals surface area contributed by atoms with E-state index in [1.165, 1.54) is 9.47 Å². The Morgan fingerprint density at radius 3 is 2.16 bits per heavy atom. The number of rotatable bonds is 6. The van der Waals surface area contributed by atoms with E-state index in [4.69, 9.17) is 5.73 Å². The van der Waals surface area contributed by atoms with Gasteiger partial charge in [-0.2, -0.15) is 0 Å². The zero-order chi connectivity index (χ0) is 21.8. The van der Waals surface area contributed by atoms with Gasteiger partial charge >= 0.3 is 5.69 Å². The van der Waals surface area contributed by atoms with Crippen LogP contribution in [0, 0.1) is 5.92 Å². The van der Waals surface area contributed by atoms with Gasteiger partial charge in [-0.05, 0) is 24.0 Å². The highest BCUT2D eigenvalue weighted by Gasteiger charge is 2.31. The molecule has 4 rings (SSSR count). The molecule has 31 heavy (non-hydrogen) atoms. The second kappa shape index (κ2) is 9.04. The molecule has 2 aromatic carbocycles. The van der Waals surface area contributed by atoms with Gasteiger partial charge in [0.1, 0.15) is 5.82 Å². The summed E-state index contributed by atoms with van der Waals surface area (Å²) in [6, 6.07) is 18.9. The summed E-state index contributed by atoms with van der Waals surface area (Å²) in [4.78, 5) is 42.7. The number of nitrogen functional groups attached to an aromatic ring is 1. The van der Waals surface area contributed by atoms with Gasteiger partial charge in [0.25, 0.3) is 5.56 Å². The van der Waals surface area contributed by atoms with Crippen LogP contribution in [0.25, 0.3) is 0 Å². The first-order valence-corrected chi connectivity index (χ1v) is 10.6. The number of carbonyl (C=O) groups excluding carboxylic acids is 1. The maximum atomic E-state index is 13.4. The summed E-state index contributed by atoms with van der Waals surface area (Å²) in [6.07, 6.45) is 3.58. The number of hydrogen-bond donors (Lipinski definition) is 2. The number of nitrogens with zero attached hydrogens (tertiary/aromatic N) is 2. The SMILES string of the molecule is Nc1c(N(Cc2ccccc2)C(=O)C2CCCC2)c(=O)[nH]c(=O)n1Cc1ccccc1. The van der Waals surface area contributed by atoms with Crippen molar-refractivity contribution < 1.29 is 4.79 Å². The molecular formula is C24H26N4O3. The van der Waals surface area contributed by atoms with Crippen molar-refractivity contribution in [3.63, 3.8) is 0 Å². The molecule has 7 heteroatoms. The first-order chi connectivity index (χ1) is 15.0. The molecule has 1 heterocycles. The van der Waals surface area contributed by atoms with E-state index in [0.717, 1.165) is 36.8 Å². The van der Waals surface area contributed by atoms with Crippen molar-refractivity contribution in [3.8, 4) is 0 Å². The van der Waals surface area contributed by atoms with Gasteiger partial charge < -0.3 is 5.73 Å². The minimum Gasteiger partial charge on any atom is -0.383 e. The molecule has 1 fully saturated rings. The molecule has 160 valence electrons. The van der Waals surface area contributed by atoms with E-state index in [-0.39, 0.29) is 36.4 Å². The lowest BCUT2D eigenvalue weighted by molar-refractivity contribution is -0.122. The maximum Gasteiger partial charge on any atom is 0.330 e. The molecule has 3 N–H and O–H groups in total. The van der Waals surface area contributed by atoms with Crippen LogP contribution in [0.4, 0.5) is 11.5 Å². The summed E-state index contributed by atoms with van der Waals surface area (Å²) in [5.41, 5.74) is 6.92. The van der Waals surface area contributed by atoms with Gasteiger partial charge in [-0.3, -0.25) is 24.0 Å². The molecule has 0 saturated heterocycles. The molecule has 1 amide bonds. The lowest BCUT2D eigenvalue weighted by Crippen LogP contribution is -2.42. The van der Waals surface area contributed by atoms with Crippen LogP contribution in [0.1, 0.15) is 36.8 Å². The molecule has 1 aromatic heterocycles. The molecule has 0 spiro atoms. The highest BCUT2D eigenvalue weighted by atomic mass is 16.2. The number of hydrogen-bond acceptors (Lipinski definition) is 4. The van der Waals surface area contributed by atoms with Crippen molar-refractivity contribution in [2.24, 2.45) is 5.92 Å². The highest BCUT2D eigenvalue weighted by molar-refractivity contribution is 5.97. The van der Waals surface area contributed by atoms with Gasteiger partial charge in [-0.1, -0.05) is 73.5 Å². The van der Waals surface area contributed by atoms with Gasteiger partial charge in [-0.25, -0.2) is 4.79 Å². The Morgan fingerprint density at radius 1 is 0.968 bits per heavy atom. The monoisotopic (exact) mass is 418 g/mol. The predicted octanol–water partition coefficient (Wildman–Crippen LogP) is 2.89. The van der Waals surface area contributed by atoms with Crippen molar-refractivity contribution in [2.45, 2.75) is 38.8 Å². The first-order valence-electron chi connectivity index (χ1n) is 10.6. The fourth-order valence-corrected chi connectivity index (χ4v) is 4.19. The molecular weight excluding hydrogens is 392 g/mol. The molecule has 1 aliphatic carbocycles. The largest absolute Gasteiger partial charge is 0.383 e. The zero-order valence-corrected chi connectivity index (χ0v) is 17.3. The van der Waals surface area contributed by atoms with Crippen LogP contribution in [-0.2, 0) is 17.9 Å². The molecule has 1 aliphatic rings. The molecule has 0 atom stereocenters. The molecule has 0 radical (unpaired) electrons. The zero-order valence-electron chi connectivity index (χ0n) is 17.3. The summed E-state index contributed by atoms with van der Waals surface area (Å²) in [6.45, 7) is 0.416. The third-order valence-electron chi connectivity index (χ3n) is 5.82. The minimum absolute atomic E-state index is 0.000110. The molecule has 3 aromatic rings. The molecule has 0 bridgehead atoms. The van der Waals surface area contributed by atoms with Crippen LogP contribution in [0.3, 0.4) is 0 Å². The lowest BCUT2D eigenvalue weighted by Gasteiger charge is -2.27. The van der Waals surface area contributed by atoms with Gasteiger partial charge in [0.05, 0.1) is 13.1 Å². The number of nitrogens with one attached hydrogen (secondary N) is 1. The second-order valence-electron chi connectivity index (χ2n) is 7.96. The normalized spacial score (nSPS) is 13.9. The van der Waals surface area contributed by atoms with Crippen LogP contribution < -0.4 is 21.9 Å². The number of aromatic nitrogens is 2. The molecule has 1 saturated carbocycles. The molecule has 0 aliphatic heterocycles. The van der Waals surface area contributed by atoms with Crippen molar-refractivity contribution in [3.05, 3.63) is 92.6 Å². The minimum atomic E-state index is -0.644. The Hall–Kier alpha value is -3.61. The Balaban J connectivity index is 1.79. The Kier molecular flexibility index (Phi) is 6.02. The Morgan fingerprint density at radius 2 is 1.55 bits per heavy atom. The van der Waals surface area contributed by atoms with Crippen molar-refractivity contribution in [1.29, 1.82) is 0 Å². The third kappa shape index (κ3) is 4.45. The Bertz CT molecular complexity index is 1160. The number of carbonyl (C=O) groups is 1. The van der Waals surface area contributed by atoms with Gasteiger partial charge in [0, 0.05) is 5.92 Å². The van der Waals surface area contributed by atoms with Crippen LogP contribution in [0.2, 0.25) is 0 Å².